The van der Waals surface area contributed by atoms with E-state index in [0.29, 0.717) is 22.5 Å². The smallest absolute Gasteiger partial charge is 0.255 e. The van der Waals surface area contributed by atoms with E-state index in [1.807, 2.05) is 0 Å². The molecule has 4 nitrogen and oxygen atoms in total. The number of aryl methyl sites for hydroxylation is 1. The normalized spacial score (nSPS) is 10.5. The van der Waals surface area contributed by atoms with Crippen LogP contribution in [0, 0.1) is 12.7 Å². The highest BCUT2D eigenvalue weighted by molar-refractivity contribution is 5.55. The monoisotopic (exact) mass is 233 g/mol. The summed E-state index contributed by atoms with van der Waals surface area (Å²) in [6.07, 6.45) is 1.41. The molecule has 0 amide bonds. The Morgan fingerprint density at radius 2 is 2.24 bits per heavy atom. The molecule has 2 aromatic rings. The van der Waals surface area contributed by atoms with E-state index in [0.717, 1.165) is 0 Å². The molecule has 0 aliphatic carbocycles. The first kappa shape index (κ1) is 11.5. The van der Waals surface area contributed by atoms with Gasteiger partial charge in [-0.15, -0.1) is 0 Å². The zero-order chi connectivity index (χ0) is 12.4. The number of nitrogens with one attached hydrogen (secondary N) is 1. The number of H-pyrrole nitrogens is 1. The minimum absolute atomic E-state index is 0.130. The molecule has 1 aromatic carbocycles. The molecule has 0 saturated heterocycles. The first-order valence-corrected chi connectivity index (χ1v) is 5.16. The largest absolute Gasteiger partial charge is 0.326 e. The van der Waals surface area contributed by atoms with Crippen molar-refractivity contribution in [2.75, 3.05) is 0 Å². The van der Waals surface area contributed by atoms with Crippen molar-refractivity contribution < 1.29 is 4.39 Å². The van der Waals surface area contributed by atoms with E-state index >= 15 is 0 Å². The van der Waals surface area contributed by atoms with Crippen LogP contribution in [-0.4, -0.2) is 9.97 Å². The molecule has 0 bridgehead atoms. The van der Waals surface area contributed by atoms with E-state index < -0.39 is 0 Å². The molecule has 0 unspecified atom stereocenters. The Kier molecular flexibility index (Phi) is 3.01. The molecule has 88 valence electrons. The maximum atomic E-state index is 13.4. The second-order valence-electron chi connectivity index (χ2n) is 3.75. The zero-order valence-electron chi connectivity index (χ0n) is 9.33. The Morgan fingerprint density at radius 3 is 2.82 bits per heavy atom. The summed E-state index contributed by atoms with van der Waals surface area (Å²) in [6.45, 7) is 1.80. The molecule has 1 heterocycles. The lowest BCUT2D eigenvalue weighted by Gasteiger charge is -2.03. The van der Waals surface area contributed by atoms with Crippen molar-refractivity contribution in [2.24, 2.45) is 5.73 Å². The second kappa shape index (κ2) is 4.47. The van der Waals surface area contributed by atoms with Gasteiger partial charge in [-0.05, 0) is 18.6 Å². The van der Waals surface area contributed by atoms with Crippen molar-refractivity contribution >= 4 is 0 Å². The van der Waals surface area contributed by atoms with Gasteiger partial charge >= 0.3 is 0 Å². The number of aromatic nitrogens is 2. The van der Waals surface area contributed by atoms with Gasteiger partial charge in [0, 0.05) is 23.9 Å². The Labute approximate surface area is 97.3 Å². The highest BCUT2D eigenvalue weighted by Crippen LogP contribution is 2.17. The number of aromatic amines is 1. The highest BCUT2D eigenvalue weighted by Gasteiger charge is 2.05. The first-order valence-electron chi connectivity index (χ1n) is 5.16. The number of rotatable bonds is 2. The van der Waals surface area contributed by atoms with E-state index in [4.69, 9.17) is 5.73 Å². The molecule has 0 spiro atoms. The lowest BCUT2D eigenvalue weighted by atomic mass is 10.1. The quantitative estimate of drug-likeness (QED) is 0.822. The van der Waals surface area contributed by atoms with Gasteiger partial charge in [-0.2, -0.15) is 0 Å². The molecule has 1 aromatic heterocycles. The molecular weight excluding hydrogens is 221 g/mol. The van der Waals surface area contributed by atoms with Gasteiger partial charge in [0.2, 0.25) is 0 Å². The third-order valence-electron chi connectivity index (χ3n) is 2.54. The van der Waals surface area contributed by atoms with Gasteiger partial charge in [-0.25, -0.2) is 9.37 Å². The maximum Gasteiger partial charge on any atom is 0.255 e. The number of hydrogen-bond acceptors (Lipinski definition) is 3. The lowest BCUT2D eigenvalue weighted by Crippen LogP contribution is -2.17. The molecule has 17 heavy (non-hydrogen) atoms. The minimum Gasteiger partial charge on any atom is -0.326 e. The molecule has 0 fully saturated rings. The summed E-state index contributed by atoms with van der Waals surface area (Å²) in [7, 11) is 0. The van der Waals surface area contributed by atoms with Crippen LogP contribution in [0.1, 0.15) is 11.1 Å². The minimum atomic E-state index is -0.326. The van der Waals surface area contributed by atoms with Crippen LogP contribution in [0.4, 0.5) is 4.39 Å². The fraction of sp³-hybridized carbons (Fsp3) is 0.167. The summed E-state index contributed by atoms with van der Waals surface area (Å²) in [6, 6.07) is 4.69. The molecule has 0 aliphatic rings. The van der Waals surface area contributed by atoms with Crippen molar-refractivity contribution in [3.63, 3.8) is 0 Å². The molecule has 0 saturated carbocycles. The van der Waals surface area contributed by atoms with Crippen LogP contribution in [-0.2, 0) is 6.54 Å². The molecule has 0 atom stereocenters. The van der Waals surface area contributed by atoms with E-state index in [1.54, 1.807) is 19.1 Å². The van der Waals surface area contributed by atoms with Gasteiger partial charge in [-0.3, -0.25) is 4.79 Å². The summed E-state index contributed by atoms with van der Waals surface area (Å²) in [5.74, 6) is 0.0131. The van der Waals surface area contributed by atoms with Crippen molar-refractivity contribution in [2.45, 2.75) is 13.5 Å². The Morgan fingerprint density at radius 1 is 1.47 bits per heavy atom. The molecule has 2 rings (SSSR count). The van der Waals surface area contributed by atoms with Gasteiger partial charge < -0.3 is 10.7 Å². The van der Waals surface area contributed by atoms with Crippen molar-refractivity contribution in [3.05, 3.63) is 51.7 Å². The SMILES string of the molecule is Cc1ccc(-c2ncc(CN)c(=O)[nH]2)cc1F. The van der Waals surface area contributed by atoms with Crippen molar-refractivity contribution in [1.29, 1.82) is 0 Å². The molecule has 5 heteroatoms. The second-order valence-corrected chi connectivity index (χ2v) is 3.75. The Balaban J connectivity index is 2.50. The van der Waals surface area contributed by atoms with Crippen LogP contribution in [0.3, 0.4) is 0 Å². The predicted molar refractivity (Wildman–Crippen MR) is 62.9 cm³/mol. The van der Waals surface area contributed by atoms with E-state index in [-0.39, 0.29) is 17.9 Å². The van der Waals surface area contributed by atoms with E-state index in [9.17, 15) is 9.18 Å². The average molecular weight is 233 g/mol. The number of hydrogen-bond donors (Lipinski definition) is 2. The van der Waals surface area contributed by atoms with Gasteiger partial charge in [-0.1, -0.05) is 12.1 Å². The standard InChI is InChI=1S/C12H12FN3O/c1-7-2-3-8(4-10(7)13)11-15-6-9(5-14)12(17)16-11/h2-4,6H,5,14H2,1H3,(H,15,16,17). The summed E-state index contributed by atoms with van der Waals surface area (Å²) in [5, 5.41) is 0. The molecule has 0 radical (unpaired) electrons. The first-order chi connectivity index (χ1) is 8.11. The number of nitrogens with two attached hydrogens (primary N) is 1. The fourth-order valence-electron chi connectivity index (χ4n) is 1.45. The third-order valence-corrected chi connectivity index (χ3v) is 2.54. The van der Waals surface area contributed by atoms with Crippen LogP contribution in [0.15, 0.2) is 29.2 Å². The average Bonchev–Trinajstić information content (AvgIpc) is 2.32. The lowest BCUT2D eigenvalue weighted by molar-refractivity contribution is 0.619. The molecule has 3 N–H and O–H groups in total. The van der Waals surface area contributed by atoms with Crippen LogP contribution in [0.2, 0.25) is 0 Å². The maximum absolute atomic E-state index is 13.4. The number of halogens is 1. The van der Waals surface area contributed by atoms with Crippen molar-refractivity contribution in [1.82, 2.24) is 9.97 Å². The topological polar surface area (TPSA) is 71.8 Å². The zero-order valence-corrected chi connectivity index (χ0v) is 9.33. The van der Waals surface area contributed by atoms with Crippen molar-refractivity contribution in [3.8, 4) is 11.4 Å². The molecule has 0 aliphatic heterocycles. The van der Waals surface area contributed by atoms with Crippen LogP contribution in [0.25, 0.3) is 11.4 Å². The fourth-order valence-corrected chi connectivity index (χ4v) is 1.45. The number of benzene rings is 1. The third kappa shape index (κ3) is 2.24. The predicted octanol–water partition coefficient (Wildman–Crippen LogP) is 1.34. The number of nitrogens with zero attached hydrogens (tertiary/aromatic N) is 1. The Bertz CT molecular complexity index is 607. The summed E-state index contributed by atoms with van der Waals surface area (Å²) >= 11 is 0. The van der Waals surface area contributed by atoms with Gasteiger partial charge in [0.1, 0.15) is 11.6 Å². The van der Waals surface area contributed by atoms with Gasteiger partial charge in [0.15, 0.2) is 0 Å². The van der Waals surface area contributed by atoms with Crippen LogP contribution in [0.5, 0.6) is 0 Å². The van der Waals surface area contributed by atoms with E-state index in [2.05, 4.69) is 9.97 Å². The highest BCUT2D eigenvalue weighted by atomic mass is 19.1. The van der Waals surface area contributed by atoms with Crippen LogP contribution < -0.4 is 11.3 Å². The van der Waals surface area contributed by atoms with Crippen LogP contribution >= 0.6 is 0 Å². The summed E-state index contributed by atoms with van der Waals surface area (Å²) in [5.41, 5.74) is 6.56. The molecular formula is C12H12FN3O. The Hall–Kier alpha value is -2.01. The van der Waals surface area contributed by atoms with E-state index in [1.165, 1.54) is 12.3 Å². The summed E-state index contributed by atoms with van der Waals surface area (Å²) < 4.78 is 13.4. The van der Waals surface area contributed by atoms with Gasteiger partial charge in [0.05, 0.1) is 0 Å². The van der Waals surface area contributed by atoms with Gasteiger partial charge in [0.25, 0.3) is 5.56 Å². The summed E-state index contributed by atoms with van der Waals surface area (Å²) in [4.78, 5) is 18.2.